The number of carbonyl (C=O) groups excluding carboxylic acids is 2. The summed E-state index contributed by atoms with van der Waals surface area (Å²) in [4.78, 5) is 27.1. The van der Waals surface area contributed by atoms with E-state index in [2.05, 4.69) is 10.2 Å². The minimum absolute atomic E-state index is 0.0323. The van der Waals surface area contributed by atoms with Crippen LogP contribution in [0.1, 0.15) is 63.7 Å². The minimum atomic E-state index is -4.50. The third kappa shape index (κ3) is 3.81. The summed E-state index contributed by atoms with van der Waals surface area (Å²) in [5, 5.41) is 6.99. The Morgan fingerprint density at radius 3 is 2.64 bits per heavy atom. The van der Waals surface area contributed by atoms with E-state index in [0.29, 0.717) is 31.0 Å². The second-order valence-corrected chi connectivity index (χ2v) is 7.52. The summed E-state index contributed by atoms with van der Waals surface area (Å²) in [6, 6.07) is 6.23. The van der Waals surface area contributed by atoms with Gasteiger partial charge in [-0.05, 0) is 43.9 Å². The van der Waals surface area contributed by atoms with E-state index in [0.717, 1.165) is 30.7 Å². The molecule has 1 aliphatic heterocycles. The Morgan fingerprint density at radius 1 is 1.14 bits per heavy atom. The van der Waals surface area contributed by atoms with Crippen LogP contribution in [-0.2, 0) is 6.18 Å². The van der Waals surface area contributed by atoms with Crippen molar-refractivity contribution in [3.05, 3.63) is 52.8 Å². The second kappa shape index (κ2) is 7.07. The number of amides is 1. The van der Waals surface area contributed by atoms with Gasteiger partial charge in [0.05, 0.1) is 5.56 Å². The van der Waals surface area contributed by atoms with E-state index < -0.39 is 17.7 Å². The van der Waals surface area contributed by atoms with Gasteiger partial charge in [0.25, 0.3) is 5.91 Å². The summed E-state index contributed by atoms with van der Waals surface area (Å²) in [7, 11) is 0. The van der Waals surface area contributed by atoms with Gasteiger partial charge in [0.2, 0.25) is 0 Å². The Bertz CT molecular complexity index is 902. The molecule has 2 heterocycles. The number of hydrogen-bond acceptors (Lipinski definition) is 3. The van der Waals surface area contributed by atoms with E-state index in [1.807, 2.05) is 0 Å². The summed E-state index contributed by atoms with van der Waals surface area (Å²) in [6.07, 6.45) is -1.14. The largest absolute Gasteiger partial charge is 0.416 e. The van der Waals surface area contributed by atoms with Crippen molar-refractivity contribution < 1.29 is 22.8 Å². The van der Waals surface area contributed by atoms with Gasteiger partial charge in [-0.1, -0.05) is 12.1 Å². The van der Waals surface area contributed by atoms with Crippen LogP contribution in [0.25, 0.3) is 0 Å². The van der Waals surface area contributed by atoms with E-state index in [-0.39, 0.29) is 23.8 Å². The number of aromatic amines is 1. The van der Waals surface area contributed by atoms with Crippen molar-refractivity contribution in [3.63, 3.8) is 0 Å². The monoisotopic (exact) mass is 391 g/mol. The Hall–Kier alpha value is -2.64. The molecule has 0 radical (unpaired) electrons. The van der Waals surface area contributed by atoms with E-state index >= 15 is 0 Å². The van der Waals surface area contributed by atoms with Crippen LogP contribution in [0.15, 0.2) is 30.3 Å². The van der Waals surface area contributed by atoms with Crippen LogP contribution in [0.5, 0.6) is 0 Å². The highest BCUT2D eigenvalue weighted by molar-refractivity contribution is 5.99. The number of carbonyl (C=O) groups is 2. The van der Waals surface area contributed by atoms with E-state index in [1.54, 1.807) is 11.0 Å². The van der Waals surface area contributed by atoms with Crippen molar-refractivity contribution in [1.29, 1.82) is 0 Å². The molecule has 1 aliphatic carbocycles. The molecule has 1 atom stereocenters. The predicted molar refractivity (Wildman–Crippen MR) is 95.0 cm³/mol. The van der Waals surface area contributed by atoms with Gasteiger partial charge in [0, 0.05) is 36.2 Å². The normalized spacial score (nSPS) is 20.2. The summed E-state index contributed by atoms with van der Waals surface area (Å²) in [5.74, 6) is -0.664. The fourth-order valence-electron chi connectivity index (χ4n) is 3.67. The molecule has 1 saturated heterocycles. The van der Waals surface area contributed by atoms with Crippen molar-refractivity contribution in [2.24, 2.45) is 5.92 Å². The maximum atomic E-state index is 12.9. The lowest BCUT2D eigenvalue weighted by Crippen LogP contribution is -2.42. The first-order valence-corrected chi connectivity index (χ1v) is 9.39. The highest BCUT2D eigenvalue weighted by Crippen LogP contribution is 2.39. The van der Waals surface area contributed by atoms with Crippen LogP contribution < -0.4 is 0 Å². The number of Topliss-reactive ketones (excluding diaryl/α,β-unsaturated/α-hetero) is 1. The number of alkyl halides is 3. The molecule has 1 N–H and O–H groups in total. The Labute approximate surface area is 159 Å². The molecule has 8 heteroatoms. The quantitative estimate of drug-likeness (QED) is 0.800. The lowest BCUT2D eigenvalue weighted by atomic mass is 9.89. The van der Waals surface area contributed by atoms with Gasteiger partial charge >= 0.3 is 6.18 Å². The standard InChI is InChI=1S/C20H20F3N3O2/c21-20(22,23)15-5-1-3-13(9-15)18(27)14-4-2-8-26(11-14)19(28)17-10-16(24-25-17)12-6-7-12/h1,3,5,9-10,12,14H,2,4,6-8,11H2,(H,24,25)/t14-/m0/s1. The minimum Gasteiger partial charge on any atom is -0.337 e. The van der Waals surface area contributed by atoms with Crippen molar-refractivity contribution in [1.82, 2.24) is 15.1 Å². The number of hydrogen-bond donors (Lipinski definition) is 1. The van der Waals surface area contributed by atoms with Crippen molar-refractivity contribution in [2.75, 3.05) is 13.1 Å². The molecule has 2 aromatic rings. The zero-order chi connectivity index (χ0) is 19.9. The topological polar surface area (TPSA) is 66.1 Å². The number of benzene rings is 1. The van der Waals surface area contributed by atoms with Gasteiger partial charge in [0.15, 0.2) is 5.78 Å². The van der Waals surface area contributed by atoms with E-state index in [9.17, 15) is 22.8 Å². The molecular formula is C20H20F3N3O2. The fraction of sp³-hybridized carbons (Fsp3) is 0.450. The Balaban J connectivity index is 1.47. The summed E-state index contributed by atoms with van der Waals surface area (Å²) in [5.41, 5.74) is 0.474. The number of aromatic nitrogens is 2. The molecule has 5 nitrogen and oxygen atoms in total. The first-order valence-electron chi connectivity index (χ1n) is 9.39. The number of likely N-dealkylation sites (tertiary alicyclic amines) is 1. The van der Waals surface area contributed by atoms with Crippen LogP contribution >= 0.6 is 0 Å². The highest BCUT2D eigenvalue weighted by atomic mass is 19.4. The van der Waals surface area contributed by atoms with Crippen LogP contribution in [0.3, 0.4) is 0 Å². The molecule has 1 amide bonds. The predicted octanol–water partition coefficient (Wildman–Crippen LogP) is 4.04. The number of nitrogens with zero attached hydrogens (tertiary/aromatic N) is 2. The molecule has 28 heavy (non-hydrogen) atoms. The number of nitrogens with one attached hydrogen (secondary N) is 1. The molecule has 2 aliphatic rings. The SMILES string of the molecule is O=C(c1cccc(C(F)(F)F)c1)[C@H]1CCCN(C(=O)c2cc(C3CC3)[nH]n2)C1. The zero-order valence-corrected chi connectivity index (χ0v) is 15.1. The molecule has 0 unspecified atom stereocenters. The maximum absolute atomic E-state index is 12.9. The van der Waals surface area contributed by atoms with Gasteiger partial charge < -0.3 is 4.90 Å². The molecule has 0 bridgehead atoms. The van der Waals surface area contributed by atoms with Gasteiger partial charge in [-0.25, -0.2) is 0 Å². The van der Waals surface area contributed by atoms with Gasteiger partial charge in [-0.3, -0.25) is 14.7 Å². The maximum Gasteiger partial charge on any atom is 0.416 e. The average Bonchev–Trinajstić information content (AvgIpc) is 3.43. The molecule has 4 rings (SSSR count). The molecular weight excluding hydrogens is 371 g/mol. The van der Waals surface area contributed by atoms with Crippen LogP contribution in [-0.4, -0.2) is 39.9 Å². The van der Waals surface area contributed by atoms with Crippen LogP contribution in [0, 0.1) is 5.92 Å². The highest BCUT2D eigenvalue weighted by Gasteiger charge is 2.34. The fourth-order valence-corrected chi connectivity index (χ4v) is 3.67. The number of piperidine rings is 1. The van der Waals surface area contributed by atoms with Gasteiger partial charge in [-0.2, -0.15) is 18.3 Å². The number of halogens is 3. The summed E-state index contributed by atoms with van der Waals surface area (Å²) >= 11 is 0. The Kier molecular flexibility index (Phi) is 4.72. The van der Waals surface area contributed by atoms with Crippen molar-refractivity contribution in [2.45, 2.75) is 37.8 Å². The average molecular weight is 391 g/mol. The summed E-state index contributed by atoms with van der Waals surface area (Å²) < 4.78 is 38.8. The lowest BCUT2D eigenvalue weighted by molar-refractivity contribution is -0.137. The molecule has 1 saturated carbocycles. The number of rotatable bonds is 4. The first-order chi connectivity index (χ1) is 13.3. The molecule has 1 aromatic heterocycles. The number of ketones is 1. The van der Waals surface area contributed by atoms with Gasteiger partial charge in [0.1, 0.15) is 5.69 Å². The molecule has 0 spiro atoms. The first kappa shape index (κ1) is 18.7. The van der Waals surface area contributed by atoms with Crippen LogP contribution in [0.4, 0.5) is 13.2 Å². The number of H-pyrrole nitrogens is 1. The molecule has 148 valence electrons. The Morgan fingerprint density at radius 2 is 1.93 bits per heavy atom. The van der Waals surface area contributed by atoms with Crippen molar-refractivity contribution >= 4 is 11.7 Å². The zero-order valence-electron chi connectivity index (χ0n) is 15.1. The second-order valence-electron chi connectivity index (χ2n) is 7.52. The van der Waals surface area contributed by atoms with E-state index in [1.165, 1.54) is 12.1 Å². The molecule has 2 fully saturated rings. The van der Waals surface area contributed by atoms with Crippen LogP contribution in [0.2, 0.25) is 0 Å². The molecule has 1 aromatic carbocycles. The third-order valence-corrected chi connectivity index (χ3v) is 5.39. The van der Waals surface area contributed by atoms with Crippen molar-refractivity contribution in [3.8, 4) is 0 Å². The smallest absolute Gasteiger partial charge is 0.337 e. The lowest BCUT2D eigenvalue weighted by Gasteiger charge is -2.31. The van der Waals surface area contributed by atoms with Gasteiger partial charge in [-0.15, -0.1) is 0 Å². The van der Waals surface area contributed by atoms with E-state index in [4.69, 9.17) is 0 Å². The summed E-state index contributed by atoms with van der Waals surface area (Å²) in [6.45, 7) is 0.705. The third-order valence-electron chi connectivity index (χ3n) is 5.39.